The topological polar surface area (TPSA) is 108 Å². The van der Waals surface area contributed by atoms with E-state index in [4.69, 9.17) is 5.73 Å². The maximum Gasteiger partial charge on any atom is 0.301 e. The highest BCUT2D eigenvalue weighted by molar-refractivity contribution is 7.90. The lowest BCUT2D eigenvalue weighted by atomic mass is 9.88. The molecule has 0 unspecified atom stereocenters. The summed E-state index contributed by atoms with van der Waals surface area (Å²) in [6.45, 7) is 3.24. The minimum absolute atomic E-state index is 0.202. The molecule has 34 heavy (non-hydrogen) atoms. The summed E-state index contributed by atoms with van der Waals surface area (Å²) in [4.78, 5) is 13.6. The number of hydrogen-bond acceptors (Lipinski definition) is 7. The second-order valence-corrected chi connectivity index (χ2v) is 10.9. The normalized spacial score (nSPS) is 21.1. The second kappa shape index (κ2) is 8.58. The van der Waals surface area contributed by atoms with Gasteiger partial charge in [-0.2, -0.15) is 17.7 Å². The SMILES string of the molecule is CN1CCN(c2nc(N)nc3c2CCc2cc(NS(=O)(=O)N4CCC(F)(F)CC4)ccc2-3)CC1. The number of aromatic nitrogens is 2. The van der Waals surface area contributed by atoms with Crippen LogP contribution in [0.25, 0.3) is 11.3 Å². The maximum absolute atomic E-state index is 13.4. The molecule has 0 saturated carbocycles. The van der Waals surface area contributed by atoms with Crippen molar-refractivity contribution in [1.82, 2.24) is 19.2 Å². The van der Waals surface area contributed by atoms with Crippen LogP contribution in [0.15, 0.2) is 18.2 Å². The Bertz CT molecular complexity index is 1190. The number of nitrogen functional groups attached to an aromatic ring is 1. The number of benzene rings is 1. The molecule has 184 valence electrons. The Hall–Kier alpha value is -2.57. The van der Waals surface area contributed by atoms with Crippen LogP contribution in [0.4, 0.5) is 26.2 Å². The van der Waals surface area contributed by atoms with Gasteiger partial charge >= 0.3 is 10.2 Å². The molecule has 9 nitrogen and oxygen atoms in total. The first-order valence-corrected chi connectivity index (χ1v) is 12.9. The Morgan fingerprint density at radius 2 is 1.74 bits per heavy atom. The van der Waals surface area contributed by atoms with Crippen LogP contribution in [0.1, 0.15) is 24.0 Å². The first-order valence-electron chi connectivity index (χ1n) is 11.5. The molecule has 1 aromatic carbocycles. The fraction of sp³-hybridized carbons (Fsp3) is 0.545. The van der Waals surface area contributed by atoms with Gasteiger partial charge in [-0.25, -0.2) is 13.8 Å². The van der Waals surface area contributed by atoms with Crippen molar-refractivity contribution < 1.29 is 17.2 Å². The van der Waals surface area contributed by atoms with Crippen molar-refractivity contribution in [2.45, 2.75) is 31.6 Å². The Morgan fingerprint density at radius 3 is 2.44 bits per heavy atom. The predicted octanol–water partition coefficient (Wildman–Crippen LogP) is 1.96. The van der Waals surface area contributed by atoms with Gasteiger partial charge in [-0.05, 0) is 37.6 Å². The van der Waals surface area contributed by atoms with Crippen molar-refractivity contribution in [3.8, 4) is 11.3 Å². The fourth-order valence-corrected chi connectivity index (χ4v) is 6.06. The fourth-order valence-electron chi connectivity index (χ4n) is 4.84. The quantitative estimate of drug-likeness (QED) is 0.671. The number of rotatable bonds is 4. The van der Waals surface area contributed by atoms with Crippen LogP contribution in [0, 0.1) is 0 Å². The summed E-state index contributed by atoms with van der Waals surface area (Å²) in [5.74, 6) is -1.71. The summed E-state index contributed by atoms with van der Waals surface area (Å²) in [5.41, 5.74) is 10.2. The molecule has 5 rings (SSSR count). The Morgan fingerprint density at radius 1 is 1.03 bits per heavy atom. The van der Waals surface area contributed by atoms with Gasteiger partial charge < -0.3 is 15.5 Å². The molecule has 0 atom stereocenters. The van der Waals surface area contributed by atoms with Crippen LogP contribution >= 0.6 is 0 Å². The zero-order valence-corrected chi connectivity index (χ0v) is 19.9. The van der Waals surface area contributed by atoms with E-state index < -0.39 is 29.0 Å². The van der Waals surface area contributed by atoms with E-state index in [1.807, 2.05) is 6.07 Å². The standard InChI is InChI=1S/C22H29F2N7O2S/c1-29-10-12-30(13-11-29)20-18-4-2-15-14-16(3-5-17(15)19(18)26-21(25)27-20)28-34(32,33)31-8-6-22(23,24)7-9-31/h3,5,14,28H,2,4,6-13H2,1H3,(H2,25,26,27). The number of piperidine rings is 1. The number of hydrogen-bond donors (Lipinski definition) is 2. The summed E-state index contributed by atoms with van der Waals surface area (Å²) in [5, 5.41) is 0. The second-order valence-electron chi connectivity index (χ2n) is 9.26. The Kier molecular flexibility index (Phi) is 5.85. The van der Waals surface area contributed by atoms with Gasteiger partial charge in [-0.15, -0.1) is 0 Å². The third kappa shape index (κ3) is 4.53. The van der Waals surface area contributed by atoms with E-state index in [1.165, 1.54) is 0 Å². The molecule has 3 N–H and O–H groups in total. The van der Waals surface area contributed by atoms with Crippen LogP contribution < -0.4 is 15.4 Å². The highest BCUT2D eigenvalue weighted by Crippen LogP contribution is 2.38. The van der Waals surface area contributed by atoms with Crippen molar-refractivity contribution in [3.05, 3.63) is 29.3 Å². The first kappa shape index (κ1) is 23.2. The van der Waals surface area contributed by atoms with E-state index in [-0.39, 0.29) is 19.0 Å². The molecule has 0 spiro atoms. The molecule has 3 heterocycles. The van der Waals surface area contributed by atoms with E-state index in [2.05, 4.69) is 31.5 Å². The van der Waals surface area contributed by atoms with Gasteiger partial charge in [0.05, 0.1) is 11.4 Å². The number of alkyl halides is 2. The van der Waals surface area contributed by atoms with E-state index in [0.29, 0.717) is 12.1 Å². The molecule has 1 aliphatic carbocycles. The van der Waals surface area contributed by atoms with Crippen molar-refractivity contribution in [1.29, 1.82) is 0 Å². The maximum atomic E-state index is 13.4. The lowest BCUT2D eigenvalue weighted by Crippen LogP contribution is -2.45. The molecule has 3 aliphatic rings. The molecule has 2 aliphatic heterocycles. The molecule has 2 saturated heterocycles. The largest absolute Gasteiger partial charge is 0.368 e. The third-order valence-electron chi connectivity index (χ3n) is 6.85. The van der Waals surface area contributed by atoms with Gasteiger partial charge in [0.25, 0.3) is 5.92 Å². The van der Waals surface area contributed by atoms with Crippen molar-refractivity contribution >= 4 is 27.7 Å². The molecule has 2 aromatic rings. The average Bonchev–Trinajstić information content (AvgIpc) is 2.78. The van der Waals surface area contributed by atoms with Gasteiger partial charge in [0, 0.05) is 63.2 Å². The lowest BCUT2D eigenvalue weighted by molar-refractivity contribution is -0.0411. The number of nitrogens with two attached hydrogens (primary N) is 1. The van der Waals surface area contributed by atoms with Crippen LogP contribution in [0.2, 0.25) is 0 Å². The van der Waals surface area contributed by atoms with E-state index in [0.717, 1.165) is 65.1 Å². The zero-order chi connectivity index (χ0) is 24.1. The van der Waals surface area contributed by atoms with Crippen molar-refractivity contribution in [3.63, 3.8) is 0 Å². The Labute approximate surface area is 198 Å². The number of halogens is 2. The van der Waals surface area contributed by atoms with Gasteiger partial charge in [0.2, 0.25) is 5.95 Å². The van der Waals surface area contributed by atoms with E-state index >= 15 is 0 Å². The highest BCUT2D eigenvalue weighted by atomic mass is 32.2. The molecular formula is C22H29F2N7O2S. The van der Waals surface area contributed by atoms with E-state index in [9.17, 15) is 17.2 Å². The molecular weight excluding hydrogens is 464 g/mol. The van der Waals surface area contributed by atoms with Crippen LogP contribution in [-0.2, 0) is 23.1 Å². The number of piperazine rings is 1. The summed E-state index contributed by atoms with van der Waals surface area (Å²) in [6.07, 6.45) is 0.501. The van der Waals surface area contributed by atoms with Crippen LogP contribution in [0.3, 0.4) is 0 Å². The smallest absolute Gasteiger partial charge is 0.301 e. The number of nitrogens with zero attached hydrogens (tertiary/aromatic N) is 5. The van der Waals surface area contributed by atoms with Crippen LogP contribution in [-0.4, -0.2) is 79.8 Å². The predicted molar refractivity (Wildman–Crippen MR) is 127 cm³/mol. The van der Waals surface area contributed by atoms with Gasteiger partial charge in [-0.1, -0.05) is 6.07 Å². The van der Waals surface area contributed by atoms with Crippen molar-refractivity contribution in [2.24, 2.45) is 0 Å². The molecule has 0 radical (unpaired) electrons. The van der Waals surface area contributed by atoms with Gasteiger partial charge in [-0.3, -0.25) is 4.72 Å². The lowest BCUT2D eigenvalue weighted by Gasteiger charge is -2.35. The molecule has 1 aromatic heterocycles. The highest BCUT2D eigenvalue weighted by Gasteiger charge is 2.38. The monoisotopic (exact) mass is 493 g/mol. The Balaban J connectivity index is 1.39. The number of fused-ring (bicyclic) bond motifs is 3. The number of likely N-dealkylation sites (N-methyl/N-ethyl adjacent to an activating group) is 1. The van der Waals surface area contributed by atoms with Gasteiger partial charge in [0.1, 0.15) is 5.82 Å². The number of anilines is 3. The molecule has 0 amide bonds. The van der Waals surface area contributed by atoms with Gasteiger partial charge in [0.15, 0.2) is 0 Å². The minimum Gasteiger partial charge on any atom is -0.368 e. The average molecular weight is 494 g/mol. The molecule has 12 heteroatoms. The summed E-state index contributed by atoms with van der Waals surface area (Å²) in [6, 6.07) is 5.32. The van der Waals surface area contributed by atoms with E-state index in [1.54, 1.807) is 12.1 Å². The summed E-state index contributed by atoms with van der Waals surface area (Å²) < 4.78 is 56.0. The van der Waals surface area contributed by atoms with Crippen molar-refractivity contribution in [2.75, 3.05) is 61.7 Å². The number of aryl methyl sites for hydroxylation is 1. The van der Waals surface area contributed by atoms with Crippen LogP contribution in [0.5, 0.6) is 0 Å². The summed E-state index contributed by atoms with van der Waals surface area (Å²) >= 11 is 0. The summed E-state index contributed by atoms with van der Waals surface area (Å²) in [7, 11) is -1.81. The molecule has 0 bridgehead atoms. The first-order chi connectivity index (χ1) is 16.1. The third-order valence-corrected chi connectivity index (χ3v) is 8.39. The zero-order valence-electron chi connectivity index (χ0n) is 19.1. The number of nitrogens with one attached hydrogen (secondary N) is 1. The molecule has 2 fully saturated rings. The minimum atomic E-state index is -3.91.